The maximum Gasteiger partial charge on any atom is 0.255 e. The molecule has 0 bridgehead atoms. The van der Waals surface area contributed by atoms with Crippen molar-refractivity contribution in [2.24, 2.45) is 0 Å². The summed E-state index contributed by atoms with van der Waals surface area (Å²) in [5, 5.41) is 6.30. The fourth-order valence-corrected chi connectivity index (χ4v) is 5.35. The highest BCUT2D eigenvalue weighted by Gasteiger charge is 2.25. The lowest BCUT2D eigenvalue weighted by atomic mass is 10.1. The molecular formula is C32H37N5O5. The van der Waals surface area contributed by atoms with E-state index in [4.69, 9.17) is 9.47 Å². The summed E-state index contributed by atoms with van der Waals surface area (Å²) in [7, 11) is 3.06. The number of amides is 3. The quantitative estimate of drug-likeness (QED) is 0.429. The average molecular weight is 572 g/mol. The number of hydrogen-bond acceptors (Lipinski definition) is 7. The number of carbonyl (C=O) groups is 3. The number of carbonyl (C=O) groups excluding carboxylic acids is 3. The van der Waals surface area contributed by atoms with Crippen molar-refractivity contribution in [2.45, 2.75) is 6.42 Å². The first kappa shape index (κ1) is 28.9. The lowest BCUT2D eigenvalue weighted by Crippen LogP contribution is -2.49. The van der Waals surface area contributed by atoms with Crippen molar-refractivity contribution < 1.29 is 23.9 Å². The average Bonchev–Trinajstić information content (AvgIpc) is 3.05. The van der Waals surface area contributed by atoms with Crippen molar-refractivity contribution in [3.05, 3.63) is 83.4 Å². The van der Waals surface area contributed by atoms with Crippen LogP contribution in [0.4, 0.5) is 11.4 Å². The van der Waals surface area contributed by atoms with Crippen LogP contribution in [0.3, 0.4) is 0 Å². The van der Waals surface area contributed by atoms with Crippen LogP contribution in [-0.2, 0) is 11.2 Å². The third-order valence-corrected chi connectivity index (χ3v) is 7.71. The summed E-state index contributed by atoms with van der Waals surface area (Å²) >= 11 is 0. The van der Waals surface area contributed by atoms with Crippen LogP contribution in [0.2, 0.25) is 0 Å². The molecular weight excluding hydrogens is 534 g/mol. The number of rotatable bonds is 8. The van der Waals surface area contributed by atoms with Gasteiger partial charge in [0.05, 0.1) is 32.0 Å². The Morgan fingerprint density at radius 3 is 2.14 bits per heavy atom. The fourth-order valence-electron chi connectivity index (χ4n) is 5.35. The number of anilines is 2. The highest BCUT2D eigenvalue weighted by molar-refractivity contribution is 6.07. The summed E-state index contributed by atoms with van der Waals surface area (Å²) in [6.07, 6.45) is 0.371. The van der Waals surface area contributed by atoms with Gasteiger partial charge in [-0.05, 0) is 42.0 Å². The Bertz CT molecular complexity index is 1420. The summed E-state index contributed by atoms with van der Waals surface area (Å²) in [6, 6.07) is 20.2. The Hall–Kier alpha value is -4.57. The second-order valence-corrected chi connectivity index (χ2v) is 10.3. The Balaban J connectivity index is 1.36. The first-order valence-electron chi connectivity index (χ1n) is 14.2. The molecule has 2 aliphatic heterocycles. The van der Waals surface area contributed by atoms with Gasteiger partial charge >= 0.3 is 0 Å². The maximum absolute atomic E-state index is 13.4. The molecule has 0 spiro atoms. The van der Waals surface area contributed by atoms with E-state index >= 15 is 0 Å². The monoisotopic (exact) mass is 571 g/mol. The molecule has 2 saturated heterocycles. The van der Waals surface area contributed by atoms with Gasteiger partial charge in [0, 0.05) is 63.5 Å². The van der Waals surface area contributed by atoms with E-state index in [-0.39, 0.29) is 17.7 Å². The summed E-state index contributed by atoms with van der Waals surface area (Å²) in [5.74, 6) is 0.670. The van der Waals surface area contributed by atoms with Crippen molar-refractivity contribution in [1.82, 2.24) is 15.1 Å². The number of nitrogens with zero attached hydrogens (tertiary/aromatic N) is 3. The van der Waals surface area contributed by atoms with Gasteiger partial charge in [-0.1, -0.05) is 30.3 Å². The first-order chi connectivity index (χ1) is 20.5. The van der Waals surface area contributed by atoms with Crippen LogP contribution in [0.25, 0.3) is 0 Å². The third kappa shape index (κ3) is 6.66. The van der Waals surface area contributed by atoms with Crippen molar-refractivity contribution in [2.75, 3.05) is 76.8 Å². The molecule has 0 radical (unpaired) electrons. The van der Waals surface area contributed by atoms with E-state index in [2.05, 4.69) is 15.5 Å². The van der Waals surface area contributed by atoms with Crippen LogP contribution in [0.1, 0.15) is 26.3 Å². The molecule has 0 atom stereocenters. The lowest BCUT2D eigenvalue weighted by molar-refractivity contribution is -0.130. The molecule has 220 valence electrons. The standard InChI is InChI=1S/C32H37N5O5/c1-41-28-11-9-24(22-29(28)42-2)31(39)34-26-21-25(32(40)37-14-12-33-13-15-37)8-10-27(26)35-16-18-36(19-17-35)30(38)20-23-6-4-3-5-7-23/h3-11,21-22,33H,12-20H2,1-2H3,(H,34,39). The zero-order valence-electron chi connectivity index (χ0n) is 24.1. The van der Waals surface area contributed by atoms with E-state index in [1.807, 2.05) is 52.3 Å². The van der Waals surface area contributed by atoms with E-state index in [1.165, 1.54) is 7.11 Å². The summed E-state index contributed by atoms with van der Waals surface area (Å²) in [5.41, 5.74) is 3.25. The summed E-state index contributed by atoms with van der Waals surface area (Å²) < 4.78 is 10.7. The molecule has 42 heavy (non-hydrogen) atoms. The normalized spacial score (nSPS) is 15.2. The SMILES string of the molecule is COc1ccc(C(=O)Nc2cc(C(=O)N3CCNCC3)ccc2N2CCN(C(=O)Cc3ccccc3)CC2)cc1OC. The maximum atomic E-state index is 13.4. The van der Waals surface area contributed by atoms with Gasteiger partial charge in [0.25, 0.3) is 11.8 Å². The molecule has 0 unspecified atom stereocenters. The second-order valence-electron chi connectivity index (χ2n) is 10.3. The summed E-state index contributed by atoms with van der Waals surface area (Å²) in [6.45, 7) is 5.10. The van der Waals surface area contributed by atoms with Crippen LogP contribution in [0.5, 0.6) is 11.5 Å². The molecule has 5 rings (SSSR count). The zero-order chi connectivity index (χ0) is 29.5. The van der Waals surface area contributed by atoms with Gasteiger partial charge in [-0.3, -0.25) is 14.4 Å². The number of methoxy groups -OCH3 is 2. The molecule has 0 aromatic heterocycles. The van der Waals surface area contributed by atoms with Crippen molar-refractivity contribution in [3.63, 3.8) is 0 Å². The van der Waals surface area contributed by atoms with Crippen LogP contribution in [-0.4, -0.2) is 94.1 Å². The Morgan fingerprint density at radius 2 is 1.45 bits per heavy atom. The van der Waals surface area contributed by atoms with Crippen LogP contribution in [0, 0.1) is 0 Å². The van der Waals surface area contributed by atoms with E-state index < -0.39 is 0 Å². The lowest BCUT2D eigenvalue weighted by Gasteiger charge is -2.37. The van der Waals surface area contributed by atoms with Gasteiger partial charge in [0.15, 0.2) is 11.5 Å². The van der Waals surface area contributed by atoms with E-state index in [1.54, 1.807) is 31.4 Å². The molecule has 2 aliphatic rings. The van der Waals surface area contributed by atoms with Crippen molar-refractivity contribution >= 4 is 29.1 Å². The molecule has 2 fully saturated rings. The fraction of sp³-hybridized carbons (Fsp3) is 0.344. The third-order valence-electron chi connectivity index (χ3n) is 7.71. The molecule has 3 aromatic carbocycles. The summed E-state index contributed by atoms with van der Waals surface area (Å²) in [4.78, 5) is 45.5. The van der Waals surface area contributed by atoms with E-state index in [0.717, 1.165) is 24.3 Å². The van der Waals surface area contributed by atoms with E-state index in [9.17, 15) is 14.4 Å². The van der Waals surface area contributed by atoms with Gasteiger partial charge in [0.2, 0.25) is 5.91 Å². The van der Waals surface area contributed by atoms with Crippen LogP contribution < -0.4 is 25.0 Å². The predicted molar refractivity (Wildman–Crippen MR) is 162 cm³/mol. The molecule has 10 heteroatoms. The van der Waals surface area contributed by atoms with E-state index in [0.29, 0.717) is 74.0 Å². The van der Waals surface area contributed by atoms with Crippen molar-refractivity contribution in [3.8, 4) is 11.5 Å². The smallest absolute Gasteiger partial charge is 0.255 e. The number of benzene rings is 3. The molecule has 3 aromatic rings. The molecule has 10 nitrogen and oxygen atoms in total. The largest absolute Gasteiger partial charge is 0.493 e. The number of piperazine rings is 2. The number of nitrogens with one attached hydrogen (secondary N) is 2. The van der Waals surface area contributed by atoms with Gasteiger partial charge in [-0.15, -0.1) is 0 Å². The molecule has 2 N–H and O–H groups in total. The second kappa shape index (κ2) is 13.4. The van der Waals surface area contributed by atoms with Gasteiger partial charge < -0.3 is 34.8 Å². The van der Waals surface area contributed by atoms with Crippen molar-refractivity contribution in [1.29, 1.82) is 0 Å². The minimum atomic E-state index is -0.333. The molecule has 3 amide bonds. The number of hydrogen-bond donors (Lipinski definition) is 2. The topological polar surface area (TPSA) is 103 Å². The minimum absolute atomic E-state index is 0.0685. The highest BCUT2D eigenvalue weighted by Crippen LogP contribution is 2.31. The predicted octanol–water partition coefficient (Wildman–Crippen LogP) is 2.89. The molecule has 0 saturated carbocycles. The minimum Gasteiger partial charge on any atom is -0.493 e. The van der Waals surface area contributed by atoms with Gasteiger partial charge in [-0.25, -0.2) is 0 Å². The van der Waals surface area contributed by atoms with Gasteiger partial charge in [-0.2, -0.15) is 0 Å². The highest BCUT2D eigenvalue weighted by atomic mass is 16.5. The zero-order valence-corrected chi connectivity index (χ0v) is 24.1. The Kier molecular flexibility index (Phi) is 9.23. The Labute approximate surface area is 246 Å². The first-order valence-corrected chi connectivity index (χ1v) is 14.2. The molecule has 0 aliphatic carbocycles. The van der Waals surface area contributed by atoms with Crippen LogP contribution in [0.15, 0.2) is 66.7 Å². The Morgan fingerprint density at radius 1 is 0.762 bits per heavy atom. The number of ether oxygens (including phenoxy) is 2. The van der Waals surface area contributed by atoms with Gasteiger partial charge in [0.1, 0.15) is 0 Å². The van der Waals surface area contributed by atoms with Crippen LogP contribution >= 0.6 is 0 Å². The molecule has 2 heterocycles.